The van der Waals surface area contributed by atoms with Gasteiger partial charge in [0.25, 0.3) is 5.91 Å². The van der Waals surface area contributed by atoms with Crippen LogP contribution in [0.3, 0.4) is 0 Å². The van der Waals surface area contributed by atoms with Crippen molar-refractivity contribution in [3.05, 3.63) is 29.8 Å². The number of carbonyl (C=O) groups excluding carboxylic acids is 2. The van der Waals surface area contributed by atoms with Gasteiger partial charge in [-0.25, -0.2) is 9.78 Å². The molecule has 0 aliphatic carbocycles. The first-order valence-electron chi connectivity index (χ1n) is 8.34. The monoisotopic (exact) mass is 352 g/mol. The number of pyridine rings is 1. The van der Waals surface area contributed by atoms with Crippen molar-refractivity contribution < 1.29 is 18.7 Å². The zero-order valence-electron chi connectivity index (χ0n) is 14.9. The molecule has 25 heavy (non-hydrogen) atoms. The summed E-state index contributed by atoms with van der Waals surface area (Å²) in [5.74, 6) is -1.00. The first-order chi connectivity index (χ1) is 11.7. The molecule has 1 aromatic rings. The Morgan fingerprint density at radius 2 is 1.96 bits per heavy atom. The number of amides is 2. The van der Waals surface area contributed by atoms with E-state index in [9.17, 15) is 14.0 Å². The lowest BCUT2D eigenvalue weighted by Gasteiger charge is -2.35. The predicted molar refractivity (Wildman–Crippen MR) is 90.8 cm³/mol. The second-order valence-corrected chi connectivity index (χ2v) is 6.93. The summed E-state index contributed by atoms with van der Waals surface area (Å²) in [7, 11) is 0. The minimum absolute atomic E-state index is 0.252. The summed E-state index contributed by atoms with van der Waals surface area (Å²) in [5, 5.41) is 2.76. The van der Waals surface area contributed by atoms with Crippen molar-refractivity contribution in [3.8, 4) is 0 Å². The molecule has 1 aliphatic heterocycles. The summed E-state index contributed by atoms with van der Waals surface area (Å²) in [5.41, 5.74) is -0.243. The number of piperazine rings is 1. The van der Waals surface area contributed by atoms with Crippen molar-refractivity contribution in [1.29, 1.82) is 0 Å². The molecule has 2 rings (SSSR count). The van der Waals surface area contributed by atoms with Gasteiger partial charge in [0.1, 0.15) is 5.60 Å². The molecule has 0 atom stereocenters. The molecular weight excluding hydrogens is 327 g/mol. The van der Waals surface area contributed by atoms with Gasteiger partial charge in [-0.3, -0.25) is 9.69 Å². The molecule has 0 aromatic carbocycles. The first kappa shape index (κ1) is 19.1. The van der Waals surface area contributed by atoms with Crippen molar-refractivity contribution >= 4 is 12.0 Å². The normalized spacial score (nSPS) is 15.8. The molecule has 1 N–H and O–H groups in total. The molecule has 8 heteroatoms. The smallest absolute Gasteiger partial charge is 0.410 e. The van der Waals surface area contributed by atoms with Crippen LogP contribution in [0.4, 0.5) is 9.18 Å². The Morgan fingerprint density at radius 1 is 1.28 bits per heavy atom. The number of nitrogens with one attached hydrogen (secondary N) is 1. The van der Waals surface area contributed by atoms with Crippen LogP contribution in [0.25, 0.3) is 0 Å². The zero-order chi connectivity index (χ0) is 18.4. The molecule has 0 unspecified atom stereocenters. The van der Waals surface area contributed by atoms with Crippen LogP contribution in [0, 0.1) is 5.95 Å². The standard InChI is InChI=1S/C17H25FN4O3/c1-17(2,3)25-16(24)22-10-8-21(9-11-22)7-6-20-15(23)13-4-5-19-14(18)12-13/h4-5,12H,6-11H2,1-3H3,(H,20,23). The van der Waals surface area contributed by atoms with Gasteiger partial charge in [-0.05, 0) is 26.8 Å². The van der Waals surface area contributed by atoms with Gasteiger partial charge in [0.2, 0.25) is 5.95 Å². The molecule has 0 spiro atoms. The number of halogens is 1. The zero-order valence-corrected chi connectivity index (χ0v) is 14.9. The molecule has 2 amide bonds. The third-order valence-corrected chi connectivity index (χ3v) is 3.73. The number of rotatable bonds is 4. The maximum Gasteiger partial charge on any atom is 0.410 e. The van der Waals surface area contributed by atoms with E-state index in [1.807, 2.05) is 20.8 Å². The highest BCUT2D eigenvalue weighted by atomic mass is 19.1. The van der Waals surface area contributed by atoms with Crippen LogP contribution in [0.2, 0.25) is 0 Å². The highest BCUT2D eigenvalue weighted by molar-refractivity contribution is 5.93. The minimum atomic E-state index is -0.675. The molecule has 0 bridgehead atoms. The molecule has 1 aliphatic rings. The topological polar surface area (TPSA) is 74.8 Å². The lowest BCUT2D eigenvalue weighted by molar-refractivity contribution is 0.0147. The number of aromatic nitrogens is 1. The quantitative estimate of drug-likeness (QED) is 0.832. The van der Waals surface area contributed by atoms with E-state index in [-0.39, 0.29) is 17.6 Å². The van der Waals surface area contributed by atoms with Gasteiger partial charge < -0.3 is 15.0 Å². The van der Waals surface area contributed by atoms with Crippen LogP contribution in [-0.4, -0.2) is 71.7 Å². The van der Waals surface area contributed by atoms with E-state index in [1.165, 1.54) is 12.3 Å². The van der Waals surface area contributed by atoms with Gasteiger partial charge in [0.15, 0.2) is 0 Å². The fraction of sp³-hybridized carbons (Fsp3) is 0.588. The van der Waals surface area contributed by atoms with E-state index in [0.29, 0.717) is 26.2 Å². The average Bonchev–Trinajstić information content (AvgIpc) is 2.53. The Labute approximate surface area is 147 Å². The van der Waals surface area contributed by atoms with E-state index in [2.05, 4.69) is 15.2 Å². The highest BCUT2D eigenvalue weighted by Gasteiger charge is 2.25. The number of hydrogen-bond acceptors (Lipinski definition) is 5. The van der Waals surface area contributed by atoms with Crippen LogP contribution >= 0.6 is 0 Å². The Kier molecular flexibility index (Phi) is 6.30. The molecule has 1 saturated heterocycles. The summed E-state index contributed by atoms with van der Waals surface area (Å²) < 4.78 is 18.4. The molecule has 0 radical (unpaired) electrons. The van der Waals surface area contributed by atoms with E-state index in [1.54, 1.807) is 4.90 Å². The summed E-state index contributed by atoms with van der Waals surface area (Å²) in [4.78, 5) is 31.2. The number of hydrogen-bond donors (Lipinski definition) is 1. The number of carbonyl (C=O) groups is 2. The third kappa shape index (κ3) is 6.30. The van der Waals surface area contributed by atoms with Crippen LogP contribution in [0.5, 0.6) is 0 Å². The largest absolute Gasteiger partial charge is 0.444 e. The van der Waals surface area contributed by atoms with Gasteiger partial charge in [0.05, 0.1) is 0 Å². The summed E-state index contributed by atoms with van der Waals surface area (Å²) in [6, 6.07) is 2.58. The van der Waals surface area contributed by atoms with E-state index in [0.717, 1.165) is 19.2 Å². The van der Waals surface area contributed by atoms with E-state index in [4.69, 9.17) is 4.74 Å². The van der Waals surface area contributed by atoms with Crippen molar-refractivity contribution in [2.45, 2.75) is 26.4 Å². The fourth-order valence-corrected chi connectivity index (χ4v) is 2.45. The predicted octanol–water partition coefficient (Wildman–Crippen LogP) is 1.50. The van der Waals surface area contributed by atoms with Crippen molar-refractivity contribution in [2.75, 3.05) is 39.3 Å². The fourth-order valence-electron chi connectivity index (χ4n) is 2.45. The number of ether oxygens (including phenoxy) is 1. The van der Waals surface area contributed by atoms with E-state index >= 15 is 0 Å². The van der Waals surface area contributed by atoms with Crippen LogP contribution in [0.1, 0.15) is 31.1 Å². The minimum Gasteiger partial charge on any atom is -0.444 e. The van der Waals surface area contributed by atoms with Gasteiger partial charge in [-0.15, -0.1) is 0 Å². The van der Waals surface area contributed by atoms with Crippen LogP contribution < -0.4 is 5.32 Å². The van der Waals surface area contributed by atoms with Gasteiger partial charge in [0, 0.05) is 57.1 Å². The molecular formula is C17H25FN4O3. The summed E-state index contributed by atoms with van der Waals surface area (Å²) >= 11 is 0. The Balaban J connectivity index is 1.69. The molecule has 138 valence electrons. The van der Waals surface area contributed by atoms with Crippen LogP contribution in [0.15, 0.2) is 18.3 Å². The summed E-state index contributed by atoms with van der Waals surface area (Å²) in [6.45, 7) is 9.29. The molecule has 1 aromatic heterocycles. The maximum absolute atomic E-state index is 13.0. The second-order valence-electron chi connectivity index (χ2n) is 6.93. The molecule has 2 heterocycles. The average molecular weight is 352 g/mol. The maximum atomic E-state index is 13.0. The SMILES string of the molecule is CC(C)(C)OC(=O)N1CCN(CCNC(=O)c2ccnc(F)c2)CC1. The van der Waals surface area contributed by atoms with Gasteiger partial charge in [-0.2, -0.15) is 4.39 Å². The lowest BCUT2D eigenvalue weighted by Crippen LogP contribution is -2.51. The Hall–Kier alpha value is -2.22. The molecule has 7 nitrogen and oxygen atoms in total. The molecule has 0 saturated carbocycles. The van der Waals surface area contributed by atoms with Gasteiger partial charge in [-0.1, -0.05) is 0 Å². The van der Waals surface area contributed by atoms with Crippen LogP contribution in [-0.2, 0) is 4.74 Å². The van der Waals surface area contributed by atoms with Crippen molar-refractivity contribution in [2.24, 2.45) is 0 Å². The number of nitrogens with zero attached hydrogens (tertiary/aromatic N) is 3. The highest BCUT2D eigenvalue weighted by Crippen LogP contribution is 2.11. The lowest BCUT2D eigenvalue weighted by atomic mass is 10.2. The van der Waals surface area contributed by atoms with Gasteiger partial charge >= 0.3 is 6.09 Å². The second kappa shape index (κ2) is 8.24. The van der Waals surface area contributed by atoms with E-state index < -0.39 is 11.5 Å². The third-order valence-electron chi connectivity index (χ3n) is 3.73. The Bertz CT molecular complexity index is 610. The van der Waals surface area contributed by atoms with Crippen molar-refractivity contribution in [1.82, 2.24) is 20.1 Å². The Morgan fingerprint density at radius 3 is 2.56 bits per heavy atom. The van der Waals surface area contributed by atoms with Crippen molar-refractivity contribution in [3.63, 3.8) is 0 Å². The molecule has 1 fully saturated rings. The first-order valence-corrected chi connectivity index (χ1v) is 8.34. The summed E-state index contributed by atoms with van der Waals surface area (Å²) in [6.07, 6.45) is 0.973.